The van der Waals surface area contributed by atoms with Crippen molar-refractivity contribution in [2.24, 2.45) is 0 Å². The molecule has 2 nitrogen and oxygen atoms in total. The summed E-state index contributed by atoms with van der Waals surface area (Å²) in [5.41, 5.74) is 4.83. The summed E-state index contributed by atoms with van der Waals surface area (Å²) in [6, 6.07) is 16.9. The van der Waals surface area contributed by atoms with Crippen LogP contribution in [0, 0.1) is 0 Å². The quantitative estimate of drug-likeness (QED) is 0.772. The zero-order chi connectivity index (χ0) is 11.4. The van der Waals surface area contributed by atoms with Gasteiger partial charge < -0.3 is 11.0 Å². The molecule has 2 aromatic carbocycles. The molecule has 2 rings (SSSR count). The van der Waals surface area contributed by atoms with Gasteiger partial charge in [0.05, 0.1) is 0 Å². The summed E-state index contributed by atoms with van der Waals surface area (Å²) in [6.07, 6.45) is 2.05. The van der Waals surface area contributed by atoms with Crippen molar-refractivity contribution in [3.8, 4) is 0 Å². The summed E-state index contributed by atoms with van der Waals surface area (Å²) in [7, 11) is 5.76. The topological polar surface area (TPSA) is 60.0 Å². The fourth-order valence-corrected chi connectivity index (χ4v) is 1.83. The van der Waals surface area contributed by atoms with Gasteiger partial charge in [0.1, 0.15) is 0 Å². The van der Waals surface area contributed by atoms with Crippen molar-refractivity contribution in [1.82, 2.24) is 0 Å². The number of hydrogen-bond acceptors (Lipinski definition) is 2. The zero-order valence-corrected chi connectivity index (χ0v) is 10.5. The van der Waals surface area contributed by atoms with Crippen LogP contribution in [-0.4, -0.2) is 18.8 Å². The predicted octanol–water partition coefficient (Wildman–Crippen LogP) is 2.28. The van der Waals surface area contributed by atoms with E-state index in [-0.39, 0.29) is 11.0 Å². The molecular weight excluding hydrogens is 223 g/mol. The smallest absolute Gasteiger partial charge is 0.870 e. The van der Waals surface area contributed by atoms with Crippen molar-refractivity contribution >= 4 is 13.3 Å². The van der Waals surface area contributed by atoms with Crippen LogP contribution in [0.5, 0.6) is 0 Å². The molecule has 0 atom stereocenters. The number of hydrogen-bond donors (Lipinski definition) is 0. The normalized spacial score (nSPS) is 9.28. The minimum absolute atomic E-state index is 0. The van der Waals surface area contributed by atoms with Crippen LogP contribution < -0.4 is 5.46 Å². The van der Waals surface area contributed by atoms with Gasteiger partial charge in [-0.1, -0.05) is 0 Å². The van der Waals surface area contributed by atoms with E-state index in [1.165, 1.54) is 16.7 Å². The maximum atomic E-state index is 5.76. The van der Waals surface area contributed by atoms with Crippen molar-refractivity contribution in [3.63, 3.8) is 0 Å². The summed E-state index contributed by atoms with van der Waals surface area (Å²) in [5.74, 6) is 0. The van der Waals surface area contributed by atoms with E-state index < -0.39 is 0 Å². The van der Waals surface area contributed by atoms with Gasteiger partial charge in [-0.3, -0.25) is 0 Å². The molecule has 0 saturated carbocycles. The molecule has 0 fully saturated rings. The first-order valence-corrected chi connectivity index (χ1v) is 5.70. The van der Waals surface area contributed by atoms with Crippen molar-refractivity contribution in [3.05, 3.63) is 65.2 Å². The molecular formula is C15H17BO2. The Morgan fingerprint density at radius 2 is 1.44 bits per heavy atom. The van der Waals surface area contributed by atoms with Gasteiger partial charge in [0.15, 0.2) is 0 Å². The fourth-order valence-electron chi connectivity index (χ4n) is 1.83. The van der Waals surface area contributed by atoms with Crippen LogP contribution in [-0.2, 0) is 12.8 Å². The van der Waals surface area contributed by atoms with Crippen LogP contribution in [0.15, 0.2) is 48.5 Å². The van der Waals surface area contributed by atoms with E-state index in [2.05, 4.69) is 37.3 Å². The molecule has 0 bridgehead atoms. The molecule has 18 heavy (non-hydrogen) atoms. The van der Waals surface area contributed by atoms with Crippen LogP contribution in [0.2, 0.25) is 0 Å². The van der Waals surface area contributed by atoms with Crippen LogP contribution in [0.1, 0.15) is 23.6 Å². The van der Waals surface area contributed by atoms with Gasteiger partial charge in [-0.25, -0.2) is 0 Å². The van der Waals surface area contributed by atoms with Gasteiger partial charge in [0.25, 0.3) is 0 Å². The van der Waals surface area contributed by atoms with Crippen LogP contribution in [0.25, 0.3) is 0 Å². The molecule has 2 aromatic rings. The summed E-state index contributed by atoms with van der Waals surface area (Å²) < 4.78 is 0. The Labute approximate surface area is 110 Å². The van der Waals surface area contributed by atoms with Gasteiger partial charge in [0.2, 0.25) is 0 Å². The summed E-state index contributed by atoms with van der Waals surface area (Å²) in [6.45, 7) is 2.17. The fraction of sp³-hybridized carbons (Fsp3) is 0.200. The molecule has 0 aromatic heterocycles. The van der Waals surface area contributed by atoms with Gasteiger partial charge in [-0.15, -0.1) is 0 Å². The monoisotopic (exact) mass is 240 g/mol. The molecule has 0 aliphatic carbocycles. The molecule has 0 aliphatic heterocycles. The SMILES string of the molecule is [B+2]c1cccc(Cc2ccc(CC)cc2)c1.[OH-].[OH-]. The number of aryl methyl sites for hydroxylation is 1. The average molecular weight is 240 g/mol. The second-order valence-electron chi connectivity index (χ2n) is 4.09. The van der Waals surface area contributed by atoms with Crippen LogP contribution >= 0.6 is 0 Å². The maximum absolute atomic E-state index is 5.76. The molecule has 0 heterocycles. The van der Waals surface area contributed by atoms with E-state index in [1.54, 1.807) is 0 Å². The minimum Gasteiger partial charge on any atom is -0.870 e. The minimum atomic E-state index is 0. The van der Waals surface area contributed by atoms with Gasteiger partial charge in [-0.05, 0) is 0 Å². The third-order valence-corrected chi connectivity index (χ3v) is 2.79. The van der Waals surface area contributed by atoms with Crippen molar-refractivity contribution in [1.29, 1.82) is 0 Å². The van der Waals surface area contributed by atoms with Crippen molar-refractivity contribution in [2.75, 3.05) is 0 Å². The molecule has 0 aliphatic rings. The summed E-state index contributed by atoms with van der Waals surface area (Å²) in [4.78, 5) is 0. The second kappa shape index (κ2) is 7.69. The van der Waals surface area contributed by atoms with E-state index in [1.807, 2.05) is 18.2 Å². The third kappa shape index (κ3) is 4.36. The predicted molar refractivity (Wildman–Crippen MR) is 74.3 cm³/mol. The Bertz CT molecular complexity index is 466. The van der Waals surface area contributed by atoms with Gasteiger partial charge in [-0.2, -0.15) is 0 Å². The molecule has 0 spiro atoms. The second-order valence-corrected chi connectivity index (χ2v) is 4.09. The van der Waals surface area contributed by atoms with E-state index in [0.29, 0.717) is 0 Å². The van der Waals surface area contributed by atoms with Crippen molar-refractivity contribution < 1.29 is 11.0 Å². The first kappa shape index (κ1) is 16.4. The first-order valence-electron chi connectivity index (χ1n) is 5.70. The van der Waals surface area contributed by atoms with Crippen LogP contribution in [0.3, 0.4) is 0 Å². The average Bonchev–Trinajstić information content (AvgIpc) is 2.30. The molecule has 0 radical (unpaired) electrons. The molecule has 2 N–H and O–H groups in total. The summed E-state index contributed by atoms with van der Waals surface area (Å²) in [5, 5.41) is 0. The van der Waals surface area contributed by atoms with E-state index in [0.717, 1.165) is 18.3 Å². The Hall–Kier alpha value is -1.58. The number of rotatable bonds is 3. The summed E-state index contributed by atoms with van der Waals surface area (Å²) >= 11 is 0. The molecule has 3 heteroatoms. The van der Waals surface area contributed by atoms with E-state index in [9.17, 15) is 0 Å². The zero-order valence-electron chi connectivity index (χ0n) is 10.5. The Kier molecular flexibility index (Phi) is 7.02. The Morgan fingerprint density at radius 1 is 0.833 bits per heavy atom. The number of benzene rings is 2. The molecule has 92 valence electrons. The first-order chi connectivity index (χ1) is 7.78. The third-order valence-electron chi connectivity index (χ3n) is 2.79. The molecule has 0 amide bonds. The largest absolute Gasteiger partial charge is 0.870 e. The van der Waals surface area contributed by atoms with Crippen LogP contribution in [0.4, 0.5) is 0 Å². The van der Waals surface area contributed by atoms with E-state index in [4.69, 9.17) is 7.85 Å². The standard InChI is InChI=1S/C15H15B.2H2O/c1-2-12-6-8-13(9-7-12)10-14-4-3-5-15(16)11-14;;/h3-9,11H,2,10H2,1H3;2*1H2/q+2;;/p-2. The maximum Gasteiger partial charge on any atom is -0.870 e. The Balaban J connectivity index is 0.00000144. The molecule has 0 unspecified atom stereocenters. The van der Waals surface area contributed by atoms with Gasteiger partial charge >= 0.3 is 98.3 Å². The van der Waals surface area contributed by atoms with Gasteiger partial charge in [0, 0.05) is 0 Å². The Morgan fingerprint density at radius 3 is 2.00 bits per heavy atom. The molecule has 0 saturated heterocycles. The van der Waals surface area contributed by atoms with E-state index >= 15 is 0 Å². The van der Waals surface area contributed by atoms with Crippen molar-refractivity contribution in [2.45, 2.75) is 19.8 Å².